The van der Waals surface area contributed by atoms with E-state index in [9.17, 15) is 4.79 Å². The van der Waals surface area contributed by atoms with Crippen molar-refractivity contribution < 1.29 is 4.79 Å². The molecule has 4 rings (SSSR count). The number of fused-ring (bicyclic) bond motifs is 1. The smallest absolute Gasteiger partial charge is 0.235 e. The highest BCUT2D eigenvalue weighted by Crippen LogP contribution is 2.48. The normalized spacial score (nSPS) is 15.2. The highest BCUT2D eigenvalue weighted by atomic mass is 16.2. The van der Waals surface area contributed by atoms with Crippen LogP contribution in [0, 0.1) is 13.8 Å². The van der Waals surface area contributed by atoms with Crippen molar-refractivity contribution >= 4 is 22.6 Å². The van der Waals surface area contributed by atoms with Gasteiger partial charge in [-0.25, -0.2) is 9.97 Å². The van der Waals surface area contributed by atoms with Crippen LogP contribution in [0.15, 0.2) is 48.5 Å². The van der Waals surface area contributed by atoms with Gasteiger partial charge in [-0.1, -0.05) is 30.3 Å². The Kier molecular flexibility index (Phi) is 3.34. The van der Waals surface area contributed by atoms with Gasteiger partial charge >= 0.3 is 0 Å². The Bertz CT molecular complexity index is 930. The van der Waals surface area contributed by atoms with Crippen molar-refractivity contribution in [2.24, 2.45) is 0 Å². The van der Waals surface area contributed by atoms with Gasteiger partial charge in [-0.2, -0.15) is 0 Å². The second-order valence-electron chi connectivity index (χ2n) is 6.50. The van der Waals surface area contributed by atoms with Crippen LogP contribution in [-0.2, 0) is 10.2 Å². The first-order valence-electron chi connectivity index (χ1n) is 8.20. The molecule has 0 atom stereocenters. The predicted molar refractivity (Wildman–Crippen MR) is 95.0 cm³/mol. The quantitative estimate of drug-likeness (QED) is 0.796. The van der Waals surface area contributed by atoms with Crippen molar-refractivity contribution in [2.45, 2.75) is 32.1 Å². The van der Waals surface area contributed by atoms with Gasteiger partial charge < -0.3 is 5.32 Å². The lowest BCUT2D eigenvalue weighted by atomic mass is 9.95. The molecular weight excluding hydrogens is 298 g/mol. The Labute approximate surface area is 141 Å². The van der Waals surface area contributed by atoms with E-state index < -0.39 is 0 Å². The third-order valence-corrected chi connectivity index (χ3v) is 4.84. The summed E-state index contributed by atoms with van der Waals surface area (Å²) in [5, 5.41) is 3.06. The van der Waals surface area contributed by atoms with E-state index in [0.29, 0.717) is 0 Å². The average molecular weight is 317 g/mol. The average Bonchev–Trinajstić information content (AvgIpc) is 3.39. The molecule has 1 aromatic heterocycles. The molecule has 1 fully saturated rings. The molecule has 0 radical (unpaired) electrons. The van der Waals surface area contributed by atoms with E-state index in [1.54, 1.807) is 0 Å². The molecule has 0 bridgehead atoms. The van der Waals surface area contributed by atoms with Crippen molar-refractivity contribution in [1.82, 2.24) is 9.97 Å². The first-order chi connectivity index (χ1) is 11.6. The third kappa shape index (κ3) is 2.44. The number of amides is 1. The number of carbonyl (C=O) groups is 1. The number of hydrogen-bond acceptors (Lipinski definition) is 3. The summed E-state index contributed by atoms with van der Waals surface area (Å²) in [6, 6.07) is 15.7. The molecule has 0 unspecified atom stereocenters. The van der Waals surface area contributed by atoms with Crippen LogP contribution in [0.2, 0.25) is 0 Å². The van der Waals surface area contributed by atoms with Gasteiger partial charge in [-0.05, 0) is 50.5 Å². The standard InChI is InChI=1S/C20H19N3O/c1-13-14(2)22-18-12-16(8-9-17(18)21-13)23-19(24)20(10-11-20)15-6-4-3-5-7-15/h3-9,12H,10-11H2,1-2H3,(H,23,24). The summed E-state index contributed by atoms with van der Waals surface area (Å²) in [7, 11) is 0. The summed E-state index contributed by atoms with van der Waals surface area (Å²) < 4.78 is 0. The zero-order chi connectivity index (χ0) is 16.7. The van der Waals surface area contributed by atoms with Crippen molar-refractivity contribution in [1.29, 1.82) is 0 Å². The Morgan fingerprint density at radius 3 is 2.29 bits per heavy atom. The number of aryl methyl sites for hydroxylation is 2. The number of nitrogens with zero attached hydrogens (tertiary/aromatic N) is 2. The fourth-order valence-electron chi connectivity index (χ4n) is 3.09. The zero-order valence-electron chi connectivity index (χ0n) is 13.8. The van der Waals surface area contributed by atoms with E-state index in [4.69, 9.17) is 0 Å². The first kappa shape index (κ1) is 14.8. The number of carbonyl (C=O) groups excluding carboxylic acids is 1. The number of nitrogens with one attached hydrogen (secondary N) is 1. The van der Waals surface area contributed by atoms with Gasteiger partial charge in [0.1, 0.15) is 0 Å². The van der Waals surface area contributed by atoms with Crippen molar-refractivity contribution in [3.63, 3.8) is 0 Å². The zero-order valence-corrected chi connectivity index (χ0v) is 13.8. The molecular formula is C20H19N3O. The monoisotopic (exact) mass is 317 g/mol. The third-order valence-electron chi connectivity index (χ3n) is 4.84. The van der Waals surface area contributed by atoms with Crippen LogP contribution in [0.4, 0.5) is 5.69 Å². The maximum Gasteiger partial charge on any atom is 0.235 e. The van der Waals surface area contributed by atoms with Gasteiger partial charge in [-0.3, -0.25) is 4.79 Å². The fraction of sp³-hybridized carbons (Fsp3) is 0.250. The second-order valence-corrected chi connectivity index (χ2v) is 6.50. The molecule has 4 nitrogen and oxygen atoms in total. The minimum absolute atomic E-state index is 0.0600. The molecule has 1 amide bonds. The largest absolute Gasteiger partial charge is 0.325 e. The summed E-state index contributed by atoms with van der Waals surface area (Å²) in [4.78, 5) is 21.9. The van der Waals surface area contributed by atoms with Gasteiger partial charge in [-0.15, -0.1) is 0 Å². The van der Waals surface area contributed by atoms with E-state index in [1.165, 1.54) is 0 Å². The van der Waals surface area contributed by atoms with Crippen molar-refractivity contribution in [2.75, 3.05) is 5.32 Å². The van der Waals surface area contributed by atoms with Crippen molar-refractivity contribution in [3.8, 4) is 0 Å². The van der Waals surface area contributed by atoms with Gasteiger partial charge in [0, 0.05) is 5.69 Å². The number of rotatable bonds is 3. The summed E-state index contributed by atoms with van der Waals surface area (Å²) in [6.45, 7) is 3.90. The number of aromatic nitrogens is 2. The van der Waals surface area contributed by atoms with Crippen LogP contribution in [0.5, 0.6) is 0 Å². The van der Waals surface area contributed by atoms with Gasteiger partial charge in [0.2, 0.25) is 5.91 Å². The number of benzene rings is 2. The Morgan fingerprint density at radius 1 is 0.958 bits per heavy atom. The maximum absolute atomic E-state index is 12.8. The molecule has 120 valence electrons. The van der Waals surface area contributed by atoms with E-state index in [1.807, 2.05) is 62.4 Å². The van der Waals surface area contributed by atoms with Gasteiger partial charge in [0.05, 0.1) is 27.8 Å². The highest BCUT2D eigenvalue weighted by molar-refractivity contribution is 6.02. The van der Waals surface area contributed by atoms with Crippen LogP contribution in [-0.4, -0.2) is 15.9 Å². The lowest BCUT2D eigenvalue weighted by Crippen LogP contribution is -2.27. The van der Waals surface area contributed by atoms with E-state index in [0.717, 1.165) is 46.5 Å². The lowest BCUT2D eigenvalue weighted by Gasteiger charge is -2.16. The fourth-order valence-corrected chi connectivity index (χ4v) is 3.09. The molecule has 1 saturated carbocycles. The molecule has 1 N–H and O–H groups in total. The predicted octanol–water partition coefficient (Wildman–Crippen LogP) is 3.92. The summed E-state index contributed by atoms with van der Waals surface area (Å²) in [5.41, 5.74) is 4.99. The molecule has 2 aromatic carbocycles. The molecule has 1 heterocycles. The minimum Gasteiger partial charge on any atom is -0.325 e. The van der Waals surface area contributed by atoms with Crippen LogP contribution in [0.1, 0.15) is 29.8 Å². The van der Waals surface area contributed by atoms with Gasteiger partial charge in [0.25, 0.3) is 0 Å². The Morgan fingerprint density at radius 2 is 1.62 bits per heavy atom. The highest BCUT2D eigenvalue weighted by Gasteiger charge is 2.51. The molecule has 24 heavy (non-hydrogen) atoms. The Hall–Kier alpha value is -2.75. The molecule has 0 spiro atoms. The van der Waals surface area contributed by atoms with E-state index in [2.05, 4.69) is 15.3 Å². The molecule has 4 heteroatoms. The molecule has 1 aliphatic carbocycles. The van der Waals surface area contributed by atoms with Crippen LogP contribution in [0.3, 0.4) is 0 Å². The molecule has 3 aromatic rings. The van der Waals surface area contributed by atoms with Gasteiger partial charge in [0.15, 0.2) is 0 Å². The Balaban J connectivity index is 1.62. The van der Waals surface area contributed by atoms with Crippen LogP contribution >= 0.6 is 0 Å². The minimum atomic E-state index is -0.370. The van der Waals surface area contributed by atoms with E-state index in [-0.39, 0.29) is 11.3 Å². The molecule has 0 aliphatic heterocycles. The first-order valence-corrected chi connectivity index (χ1v) is 8.20. The summed E-state index contributed by atoms with van der Waals surface area (Å²) >= 11 is 0. The lowest BCUT2D eigenvalue weighted by molar-refractivity contribution is -0.118. The van der Waals surface area contributed by atoms with E-state index >= 15 is 0 Å². The maximum atomic E-state index is 12.8. The van der Waals surface area contributed by atoms with Crippen LogP contribution in [0.25, 0.3) is 11.0 Å². The topological polar surface area (TPSA) is 54.9 Å². The SMILES string of the molecule is Cc1nc2ccc(NC(=O)C3(c4ccccc4)CC3)cc2nc1C. The van der Waals surface area contributed by atoms with Crippen molar-refractivity contribution in [3.05, 3.63) is 65.5 Å². The second kappa shape index (κ2) is 5.41. The molecule has 1 aliphatic rings. The summed E-state index contributed by atoms with van der Waals surface area (Å²) in [6.07, 6.45) is 1.79. The number of hydrogen-bond donors (Lipinski definition) is 1. The number of anilines is 1. The molecule has 0 saturated heterocycles. The van der Waals surface area contributed by atoms with Crippen LogP contribution < -0.4 is 5.32 Å². The summed E-state index contributed by atoms with van der Waals surface area (Å²) in [5.74, 6) is 0.0600.